The Bertz CT molecular complexity index is 160. The van der Waals surface area contributed by atoms with Gasteiger partial charge in [0.15, 0.2) is 0 Å². The van der Waals surface area contributed by atoms with Crippen LogP contribution >= 0.6 is 0 Å². The Morgan fingerprint density at radius 2 is 2.17 bits per heavy atom. The van der Waals surface area contributed by atoms with Gasteiger partial charge in [-0.1, -0.05) is 6.92 Å². The van der Waals surface area contributed by atoms with Crippen LogP contribution in [0.15, 0.2) is 0 Å². The van der Waals surface area contributed by atoms with E-state index >= 15 is 0 Å². The third kappa shape index (κ3) is 1.99. The first-order chi connectivity index (χ1) is 5.37. The molecule has 1 N–H and O–H groups in total. The van der Waals surface area contributed by atoms with Gasteiger partial charge in [0.25, 0.3) is 0 Å². The largest absolute Gasteiger partial charge is 0.388 e. The lowest BCUT2D eigenvalue weighted by atomic mass is 9.96. The van der Waals surface area contributed by atoms with E-state index in [1.165, 1.54) is 0 Å². The topological polar surface area (TPSA) is 29.5 Å². The fraction of sp³-hybridized carbons (Fsp3) is 1.00. The summed E-state index contributed by atoms with van der Waals surface area (Å²) in [5, 5.41) is 9.72. The van der Waals surface area contributed by atoms with E-state index in [1.807, 2.05) is 13.8 Å². The number of hydrogen-bond donors (Lipinski definition) is 1. The van der Waals surface area contributed by atoms with Gasteiger partial charge in [-0.25, -0.2) is 0 Å². The molecule has 72 valence electrons. The maximum absolute atomic E-state index is 9.72. The molecule has 0 bridgehead atoms. The molecule has 1 heterocycles. The molecule has 0 aromatic rings. The van der Waals surface area contributed by atoms with E-state index in [2.05, 4.69) is 13.8 Å². The number of ether oxygens (including phenoxy) is 1. The lowest BCUT2D eigenvalue weighted by molar-refractivity contribution is -0.116. The summed E-state index contributed by atoms with van der Waals surface area (Å²) < 4.78 is 5.81. The second-order valence-electron chi connectivity index (χ2n) is 4.60. The summed E-state index contributed by atoms with van der Waals surface area (Å²) in [6, 6.07) is 0. The molecule has 0 saturated carbocycles. The molecule has 0 aliphatic carbocycles. The van der Waals surface area contributed by atoms with Crippen molar-refractivity contribution in [3.8, 4) is 0 Å². The van der Waals surface area contributed by atoms with E-state index < -0.39 is 5.60 Å². The molecule has 0 radical (unpaired) electrons. The zero-order chi connectivity index (χ0) is 9.41. The van der Waals surface area contributed by atoms with E-state index in [9.17, 15) is 5.11 Å². The van der Waals surface area contributed by atoms with Gasteiger partial charge in [0.1, 0.15) is 0 Å². The van der Waals surface area contributed by atoms with Crippen molar-refractivity contribution in [3.05, 3.63) is 0 Å². The Morgan fingerprint density at radius 1 is 1.58 bits per heavy atom. The smallest absolute Gasteiger partial charge is 0.0864 e. The van der Waals surface area contributed by atoms with E-state index in [0.717, 1.165) is 19.3 Å². The Balaban J connectivity index is 2.57. The molecule has 0 spiro atoms. The molecule has 0 amide bonds. The highest BCUT2D eigenvalue weighted by Gasteiger charge is 2.40. The Hall–Kier alpha value is -0.0800. The molecule has 0 unspecified atom stereocenters. The van der Waals surface area contributed by atoms with Crippen LogP contribution in [0.2, 0.25) is 0 Å². The van der Waals surface area contributed by atoms with Gasteiger partial charge in [-0.3, -0.25) is 0 Å². The first kappa shape index (κ1) is 10.0. The lowest BCUT2D eigenvalue weighted by Crippen LogP contribution is -2.37. The third-order valence-corrected chi connectivity index (χ3v) is 2.90. The van der Waals surface area contributed by atoms with Crippen molar-refractivity contribution in [2.75, 3.05) is 0 Å². The summed E-state index contributed by atoms with van der Waals surface area (Å²) >= 11 is 0. The van der Waals surface area contributed by atoms with Crippen LogP contribution in [0.3, 0.4) is 0 Å². The molecular formula is C10H20O2. The molecule has 1 aliphatic rings. The van der Waals surface area contributed by atoms with Gasteiger partial charge >= 0.3 is 0 Å². The molecule has 1 aliphatic heterocycles. The summed E-state index contributed by atoms with van der Waals surface area (Å²) in [7, 11) is 0. The Kier molecular flexibility index (Phi) is 2.50. The average Bonchev–Trinajstić information content (AvgIpc) is 2.32. The summed E-state index contributed by atoms with van der Waals surface area (Å²) in [4.78, 5) is 0. The van der Waals surface area contributed by atoms with E-state index in [-0.39, 0.29) is 11.7 Å². The van der Waals surface area contributed by atoms with Crippen LogP contribution in [0.5, 0.6) is 0 Å². The molecule has 2 heteroatoms. The highest BCUT2D eigenvalue weighted by Crippen LogP contribution is 2.36. The Labute approximate surface area is 74.9 Å². The molecule has 0 aromatic carbocycles. The molecule has 1 rings (SSSR count). The third-order valence-electron chi connectivity index (χ3n) is 2.90. The first-order valence-electron chi connectivity index (χ1n) is 4.77. The SMILES string of the molecule is CC[C@]1(C)CC[C@@H](C(C)(C)O)O1. The Morgan fingerprint density at radius 3 is 2.42 bits per heavy atom. The van der Waals surface area contributed by atoms with E-state index in [4.69, 9.17) is 4.74 Å². The van der Waals surface area contributed by atoms with Crippen LogP contribution in [0.4, 0.5) is 0 Å². The van der Waals surface area contributed by atoms with E-state index in [0.29, 0.717) is 0 Å². The van der Waals surface area contributed by atoms with Gasteiger partial charge in [0.2, 0.25) is 0 Å². The summed E-state index contributed by atoms with van der Waals surface area (Å²) in [6.07, 6.45) is 3.09. The normalized spacial score (nSPS) is 37.2. The zero-order valence-electron chi connectivity index (χ0n) is 8.55. The van der Waals surface area contributed by atoms with Crippen molar-refractivity contribution in [3.63, 3.8) is 0 Å². The standard InChI is InChI=1S/C10H20O2/c1-5-10(4)7-6-8(12-10)9(2,3)11/h8,11H,5-7H2,1-4H3/t8-,10+/m0/s1. The van der Waals surface area contributed by atoms with Crippen LogP contribution in [-0.4, -0.2) is 22.4 Å². The minimum absolute atomic E-state index is 0.00463. The fourth-order valence-corrected chi connectivity index (χ4v) is 1.66. The predicted octanol–water partition coefficient (Wildman–Crippen LogP) is 2.11. The molecule has 1 fully saturated rings. The highest BCUT2D eigenvalue weighted by molar-refractivity contribution is 4.90. The van der Waals surface area contributed by atoms with Crippen molar-refractivity contribution in [2.24, 2.45) is 0 Å². The van der Waals surface area contributed by atoms with Gasteiger partial charge in [-0.05, 0) is 40.0 Å². The minimum atomic E-state index is -0.688. The molecule has 12 heavy (non-hydrogen) atoms. The van der Waals surface area contributed by atoms with Crippen molar-refractivity contribution >= 4 is 0 Å². The van der Waals surface area contributed by atoms with E-state index in [1.54, 1.807) is 0 Å². The lowest BCUT2D eigenvalue weighted by Gasteiger charge is -2.29. The van der Waals surface area contributed by atoms with Crippen molar-refractivity contribution in [1.82, 2.24) is 0 Å². The summed E-state index contributed by atoms with van der Waals surface area (Å²) in [5.74, 6) is 0. The van der Waals surface area contributed by atoms with Gasteiger partial charge in [-0.15, -0.1) is 0 Å². The van der Waals surface area contributed by atoms with Crippen LogP contribution in [0, 0.1) is 0 Å². The van der Waals surface area contributed by atoms with Crippen molar-refractivity contribution in [1.29, 1.82) is 0 Å². The molecule has 0 aromatic heterocycles. The van der Waals surface area contributed by atoms with Crippen molar-refractivity contribution < 1.29 is 9.84 Å². The van der Waals surface area contributed by atoms with Gasteiger partial charge in [0.05, 0.1) is 17.3 Å². The van der Waals surface area contributed by atoms with Crippen LogP contribution < -0.4 is 0 Å². The van der Waals surface area contributed by atoms with Gasteiger partial charge < -0.3 is 9.84 Å². The first-order valence-corrected chi connectivity index (χ1v) is 4.77. The monoisotopic (exact) mass is 172 g/mol. The second kappa shape index (κ2) is 3.00. The number of rotatable bonds is 2. The number of hydrogen-bond acceptors (Lipinski definition) is 2. The summed E-state index contributed by atoms with van der Waals surface area (Å²) in [5.41, 5.74) is -0.683. The minimum Gasteiger partial charge on any atom is -0.388 e. The van der Waals surface area contributed by atoms with Crippen LogP contribution in [0.25, 0.3) is 0 Å². The predicted molar refractivity (Wildman–Crippen MR) is 49.1 cm³/mol. The summed E-state index contributed by atoms with van der Waals surface area (Å²) in [6.45, 7) is 7.89. The fourth-order valence-electron chi connectivity index (χ4n) is 1.66. The van der Waals surface area contributed by atoms with Crippen LogP contribution in [0.1, 0.15) is 47.0 Å². The van der Waals surface area contributed by atoms with Crippen molar-refractivity contribution in [2.45, 2.75) is 64.3 Å². The maximum atomic E-state index is 9.72. The zero-order valence-corrected chi connectivity index (χ0v) is 8.55. The molecule has 2 atom stereocenters. The average molecular weight is 172 g/mol. The second-order valence-corrected chi connectivity index (χ2v) is 4.60. The highest BCUT2D eigenvalue weighted by atomic mass is 16.5. The van der Waals surface area contributed by atoms with Gasteiger partial charge in [-0.2, -0.15) is 0 Å². The van der Waals surface area contributed by atoms with Crippen LogP contribution in [-0.2, 0) is 4.74 Å². The molecular weight excluding hydrogens is 152 g/mol. The van der Waals surface area contributed by atoms with Gasteiger partial charge in [0, 0.05) is 0 Å². The maximum Gasteiger partial charge on any atom is 0.0864 e. The molecule has 2 nitrogen and oxygen atoms in total. The molecule has 1 saturated heterocycles. The quantitative estimate of drug-likeness (QED) is 0.691. The number of aliphatic hydroxyl groups is 1.